The van der Waals surface area contributed by atoms with Gasteiger partial charge in [-0.25, -0.2) is 4.39 Å². The van der Waals surface area contributed by atoms with Crippen LogP contribution in [0.1, 0.15) is 5.56 Å². The molecule has 0 atom stereocenters. The molecule has 0 bridgehead atoms. The number of anilines is 2. The third-order valence-electron chi connectivity index (χ3n) is 2.38. The van der Waals surface area contributed by atoms with Gasteiger partial charge in [0.15, 0.2) is 0 Å². The minimum atomic E-state index is -0.282. The summed E-state index contributed by atoms with van der Waals surface area (Å²) in [5, 5.41) is 3.59. The zero-order valence-corrected chi connectivity index (χ0v) is 10.9. The van der Waals surface area contributed by atoms with Crippen molar-refractivity contribution in [2.75, 3.05) is 5.32 Å². The lowest BCUT2D eigenvalue weighted by atomic mass is 10.2. The first-order valence-corrected chi connectivity index (χ1v) is 5.97. The highest BCUT2D eigenvalue weighted by Crippen LogP contribution is 2.26. The van der Waals surface area contributed by atoms with E-state index in [1.54, 1.807) is 30.3 Å². The number of hydrogen-bond donors (Lipinski definition) is 2. The Labute approximate surface area is 115 Å². The molecule has 92 valence electrons. The average Bonchev–Trinajstić information content (AvgIpc) is 2.34. The fourth-order valence-corrected chi connectivity index (χ4v) is 1.81. The Hall–Kier alpha value is -1.65. The van der Waals surface area contributed by atoms with Gasteiger partial charge in [-0.15, -0.1) is 0 Å². The molecule has 2 aromatic carbocycles. The number of nitrogens with two attached hydrogens (primary N) is 1. The highest BCUT2D eigenvalue weighted by atomic mass is 35.5. The van der Waals surface area contributed by atoms with Crippen LogP contribution in [0, 0.1) is 5.82 Å². The molecular weight excluding hydrogens is 271 g/mol. The highest BCUT2D eigenvalue weighted by molar-refractivity contribution is 7.80. The van der Waals surface area contributed by atoms with Gasteiger partial charge in [-0.1, -0.05) is 23.8 Å². The molecule has 2 nitrogen and oxygen atoms in total. The van der Waals surface area contributed by atoms with Gasteiger partial charge in [0, 0.05) is 11.3 Å². The van der Waals surface area contributed by atoms with Gasteiger partial charge in [0.25, 0.3) is 0 Å². The predicted molar refractivity (Wildman–Crippen MR) is 77.0 cm³/mol. The van der Waals surface area contributed by atoms with Crippen molar-refractivity contribution in [3.05, 3.63) is 58.9 Å². The lowest BCUT2D eigenvalue weighted by molar-refractivity contribution is 0.628. The van der Waals surface area contributed by atoms with Crippen molar-refractivity contribution >= 4 is 40.2 Å². The number of halogens is 2. The van der Waals surface area contributed by atoms with Crippen molar-refractivity contribution in [2.45, 2.75) is 0 Å². The number of rotatable bonds is 3. The summed E-state index contributed by atoms with van der Waals surface area (Å²) in [6.07, 6.45) is 0. The highest BCUT2D eigenvalue weighted by Gasteiger charge is 2.04. The van der Waals surface area contributed by atoms with Crippen molar-refractivity contribution in [3.8, 4) is 0 Å². The van der Waals surface area contributed by atoms with Gasteiger partial charge in [-0.3, -0.25) is 0 Å². The molecule has 0 saturated carbocycles. The molecule has 0 unspecified atom stereocenters. The van der Waals surface area contributed by atoms with Crippen LogP contribution in [0.15, 0.2) is 42.5 Å². The number of hydrogen-bond acceptors (Lipinski definition) is 2. The van der Waals surface area contributed by atoms with E-state index in [1.807, 2.05) is 0 Å². The summed E-state index contributed by atoms with van der Waals surface area (Å²) < 4.78 is 12.8. The maximum Gasteiger partial charge on any atom is 0.123 e. The van der Waals surface area contributed by atoms with E-state index in [9.17, 15) is 4.39 Å². The lowest BCUT2D eigenvalue weighted by Gasteiger charge is -2.09. The Bertz CT molecular complexity index is 584. The molecule has 2 aromatic rings. The SMILES string of the molecule is NC(=S)c1ccc(Nc2ccc(F)cc2)c(Cl)c1. The standard InChI is InChI=1S/C13H10ClFN2S/c14-11-7-8(13(16)18)1-6-12(11)17-10-4-2-9(15)3-5-10/h1-7,17H,(H2,16,18). The molecule has 0 radical (unpaired) electrons. The summed E-state index contributed by atoms with van der Waals surface area (Å²) in [7, 11) is 0. The smallest absolute Gasteiger partial charge is 0.123 e. The second kappa shape index (κ2) is 5.33. The van der Waals surface area contributed by atoms with E-state index in [2.05, 4.69) is 5.32 Å². The molecule has 2 rings (SSSR count). The van der Waals surface area contributed by atoms with Crippen molar-refractivity contribution in [1.29, 1.82) is 0 Å². The Morgan fingerprint density at radius 3 is 2.39 bits per heavy atom. The predicted octanol–water partition coefficient (Wildman–Crippen LogP) is 3.86. The van der Waals surface area contributed by atoms with Crippen LogP contribution in [-0.2, 0) is 0 Å². The van der Waals surface area contributed by atoms with Crippen molar-refractivity contribution in [3.63, 3.8) is 0 Å². The lowest BCUT2D eigenvalue weighted by Crippen LogP contribution is -2.09. The molecule has 0 aliphatic heterocycles. The van der Waals surface area contributed by atoms with E-state index in [-0.39, 0.29) is 5.82 Å². The average molecular weight is 281 g/mol. The van der Waals surface area contributed by atoms with Crippen molar-refractivity contribution in [1.82, 2.24) is 0 Å². The molecule has 18 heavy (non-hydrogen) atoms. The van der Waals surface area contributed by atoms with E-state index >= 15 is 0 Å². The van der Waals surface area contributed by atoms with E-state index in [4.69, 9.17) is 29.6 Å². The van der Waals surface area contributed by atoms with Crippen LogP contribution in [0.4, 0.5) is 15.8 Å². The molecule has 0 aliphatic rings. The summed E-state index contributed by atoms with van der Waals surface area (Å²) in [5.41, 5.74) is 7.68. The van der Waals surface area contributed by atoms with Gasteiger partial charge in [0.2, 0.25) is 0 Å². The van der Waals surface area contributed by atoms with Crippen LogP contribution in [-0.4, -0.2) is 4.99 Å². The topological polar surface area (TPSA) is 38.0 Å². The van der Waals surface area contributed by atoms with Crippen LogP contribution in [0.3, 0.4) is 0 Å². The number of thiocarbonyl (C=S) groups is 1. The van der Waals surface area contributed by atoms with Gasteiger partial charge in [-0.05, 0) is 42.5 Å². The van der Waals surface area contributed by atoms with Crippen molar-refractivity contribution < 1.29 is 4.39 Å². The molecule has 0 heterocycles. The Morgan fingerprint density at radius 1 is 1.17 bits per heavy atom. The molecule has 3 N–H and O–H groups in total. The maximum atomic E-state index is 12.8. The number of benzene rings is 2. The van der Waals surface area contributed by atoms with Gasteiger partial charge < -0.3 is 11.1 Å². The van der Waals surface area contributed by atoms with Gasteiger partial charge in [-0.2, -0.15) is 0 Å². The molecule has 0 spiro atoms. The number of nitrogens with one attached hydrogen (secondary N) is 1. The largest absolute Gasteiger partial charge is 0.389 e. The normalized spacial score (nSPS) is 10.1. The second-order valence-corrected chi connectivity index (χ2v) is 4.54. The van der Waals surface area contributed by atoms with Crippen LogP contribution < -0.4 is 11.1 Å². The fourth-order valence-electron chi connectivity index (χ4n) is 1.46. The summed E-state index contributed by atoms with van der Waals surface area (Å²) >= 11 is 11.0. The zero-order valence-electron chi connectivity index (χ0n) is 9.28. The monoisotopic (exact) mass is 280 g/mol. The first-order valence-electron chi connectivity index (χ1n) is 5.18. The minimum absolute atomic E-state index is 0.282. The zero-order chi connectivity index (χ0) is 13.1. The first-order chi connectivity index (χ1) is 8.56. The van der Waals surface area contributed by atoms with Crippen LogP contribution in [0.25, 0.3) is 0 Å². The van der Waals surface area contributed by atoms with Gasteiger partial charge in [0.05, 0.1) is 10.7 Å². The third kappa shape index (κ3) is 2.97. The summed E-state index contributed by atoms with van der Waals surface area (Å²) in [5.74, 6) is -0.282. The summed E-state index contributed by atoms with van der Waals surface area (Å²) in [4.78, 5) is 0.297. The van der Waals surface area contributed by atoms with Crippen LogP contribution in [0.5, 0.6) is 0 Å². The van der Waals surface area contributed by atoms with E-state index in [0.29, 0.717) is 21.3 Å². The Kier molecular flexibility index (Phi) is 3.79. The summed E-state index contributed by atoms with van der Waals surface area (Å²) in [6, 6.07) is 11.3. The molecule has 5 heteroatoms. The minimum Gasteiger partial charge on any atom is -0.389 e. The second-order valence-electron chi connectivity index (χ2n) is 3.69. The molecule has 0 amide bonds. The molecule has 0 aliphatic carbocycles. The quantitative estimate of drug-likeness (QED) is 0.839. The van der Waals surface area contributed by atoms with Crippen molar-refractivity contribution in [2.24, 2.45) is 5.73 Å². The van der Waals surface area contributed by atoms with E-state index < -0.39 is 0 Å². The first kappa shape index (κ1) is 12.8. The molecule has 0 fully saturated rings. The Morgan fingerprint density at radius 2 is 1.83 bits per heavy atom. The van der Waals surface area contributed by atoms with Crippen LogP contribution in [0.2, 0.25) is 5.02 Å². The molecule has 0 saturated heterocycles. The Balaban J connectivity index is 2.24. The van der Waals surface area contributed by atoms with Gasteiger partial charge in [0.1, 0.15) is 10.8 Å². The fraction of sp³-hybridized carbons (Fsp3) is 0. The maximum absolute atomic E-state index is 12.8. The van der Waals surface area contributed by atoms with E-state index in [0.717, 1.165) is 5.69 Å². The third-order valence-corrected chi connectivity index (χ3v) is 2.93. The van der Waals surface area contributed by atoms with Crippen LogP contribution >= 0.6 is 23.8 Å². The van der Waals surface area contributed by atoms with Gasteiger partial charge >= 0.3 is 0 Å². The molecule has 0 aromatic heterocycles. The summed E-state index contributed by atoms with van der Waals surface area (Å²) in [6.45, 7) is 0. The molecular formula is C13H10ClFN2S. The van der Waals surface area contributed by atoms with E-state index in [1.165, 1.54) is 12.1 Å².